The van der Waals surface area contributed by atoms with E-state index in [4.69, 9.17) is 0 Å². The fourth-order valence-electron chi connectivity index (χ4n) is 0.803. The molecule has 2 nitrogen and oxygen atoms in total. The van der Waals surface area contributed by atoms with E-state index < -0.39 is 0 Å². The summed E-state index contributed by atoms with van der Waals surface area (Å²) in [6.45, 7) is 0. The summed E-state index contributed by atoms with van der Waals surface area (Å²) in [6, 6.07) is 0. The van der Waals surface area contributed by atoms with Crippen LogP contribution < -0.4 is 0 Å². The largest absolute Gasteiger partial charge is 0.412 e. The second-order valence-corrected chi connectivity index (χ2v) is 1.79. The zero-order chi connectivity index (χ0) is 5.11. The first kappa shape index (κ1) is 16.8. The van der Waals surface area contributed by atoms with Crippen LogP contribution >= 0.6 is 0 Å². The smallest absolute Gasteiger partial charge is 0.145 e. The van der Waals surface area contributed by atoms with Gasteiger partial charge in [-0.2, -0.15) is 0 Å². The molecule has 0 spiro atoms. The van der Waals surface area contributed by atoms with Gasteiger partial charge in [-0.15, -0.1) is 0 Å². The topological polar surface area (TPSA) is 48.6 Å². The van der Waals surface area contributed by atoms with E-state index in [0.717, 1.165) is 24.7 Å². The van der Waals surface area contributed by atoms with Crippen LogP contribution in [0, 0.1) is 7.43 Å². The molecule has 0 aliphatic heterocycles. The number of allylic oxidation sites excluding steroid dienone is 2. The first-order valence-electron chi connectivity index (χ1n) is 2.57. The predicted octanol–water partition coefficient (Wildman–Crippen LogP) is 0.919. The third-order valence-corrected chi connectivity index (χ3v) is 1.23. The maximum atomic E-state index is 9.94. The van der Waals surface area contributed by atoms with Crippen molar-refractivity contribution in [3.05, 3.63) is 19.1 Å². The van der Waals surface area contributed by atoms with Crippen molar-refractivity contribution in [2.24, 2.45) is 0 Å². The Labute approximate surface area is 87.3 Å². The van der Waals surface area contributed by atoms with Gasteiger partial charge >= 0.3 is 0 Å². The second-order valence-electron chi connectivity index (χ2n) is 1.79. The summed E-state index contributed by atoms with van der Waals surface area (Å²) in [4.78, 5) is 9.94. The Morgan fingerprint density at radius 1 is 1.50 bits per heavy atom. The van der Waals surface area contributed by atoms with Crippen LogP contribution in [-0.2, 0) is 37.5 Å². The van der Waals surface area contributed by atoms with E-state index in [-0.39, 0.29) is 45.6 Å². The van der Waals surface area contributed by atoms with Crippen molar-refractivity contribution in [2.45, 2.75) is 19.3 Å². The summed E-state index contributed by atoms with van der Waals surface area (Å²) in [5.41, 5.74) is 0.986. The molecule has 0 aromatic carbocycles. The van der Waals surface area contributed by atoms with Crippen LogP contribution in [0.5, 0.6) is 0 Å². The average molecular weight is 218 g/mol. The fourth-order valence-corrected chi connectivity index (χ4v) is 0.803. The van der Waals surface area contributed by atoms with Gasteiger partial charge in [0, 0.05) is 32.7 Å². The van der Waals surface area contributed by atoms with Gasteiger partial charge in [-0.3, -0.25) is 4.79 Å². The van der Waals surface area contributed by atoms with E-state index in [9.17, 15) is 4.79 Å². The third-order valence-electron chi connectivity index (χ3n) is 1.23. The Hall–Kier alpha value is 0.474. The van der Waals surface area contributed by atoms with Crippen molar-refractivity contribution in [2.75, 3.05) is 0 Å². The monoisotopic (exact) mass is 218 g/mol. The van der Waals surface area contributed by atoms with Gasteiger partial charge in [-0.05, 0) is 24.8 Å². The SMILES string of the molecule is O.O=CC1=CCCC1.[CH3-].[Y]. The molecule has 0 aromatic heterocycles. The van der Waals surface area contributed by atoms with Gasteiger partial charge in [0.15, 0.2) is 0 Å². The third kappa shape index (κ3) is 5.27. The molecular weight excluding hydrogens is 205 g/mol. The molecule has 0 amide bonds. The van der Waals surface area contributed by atoms with E-state index in [0.29, 0.717) is 0 Å². The van der Waals surface area contributed by atoms with Crippen molar-refractivity contribution >= 4 is 6.29 Å². The summed E-state index contributed by atoms with van der Waals surface area (Å²) in [5.74, 6) is 0. The Morgan fingerprint density at radius 2 is 2.10 bits per heavy atom. The Kier molecular flexibility index (Phi) is 15.9. The number of rotatable bonds is 1. The molecule has 0 atom stereocenters. The zero-order valence-electron chi connectivity index (χ0n) is 6.26. The number of carbonyl (C=O) groups is 1. The van der Waals surface area contributed by atoms with E-state index in [2.05, 4.69) is 0 Å². The minimum Gasteiger partial charge on any atom is -0.412 e. The van der Waals surface area contributed by atoms with E-state index >= 15 is 0 Å². The quantitative estimate of drug-likeness (QED) is 0.476. The molecule has 1 aliphatic rings. The second kappa shape index (κ2) is 9.47. The molecule has 0 aromatic rings. The molecule has 3 heteroatoms. The molecule has 0 saturated heterocycles. The Balaban J connectivity index is -0.000000163. The molecule has 0 heterocycles. The minimum atomic E-state index is 0. The van der Waals surface area contributed by atoms with Crippen LogP contribution in [0.1, 0.15) is 19.3 Å². The van der Waals surface area contributed by atoms with Crippen LogP contribution in [0.4, 0.5) is 0 Å². The zero-order valence-corrected chi connectivity index (χ0v) is 9.10. The summed E-state index contributed by atoms with van der Waals surface area (Å²) in [5, 5.41) is 0. The number of carbonyl (C=O) groups excluding carboxylic acids is 1. The summed E-state index contributed by atoms with van der Waals surface area (Å²) < 4.78 is 0. The van der Waals surface area contributed by atoms with Gasteiger partial charge < -0.3 is 12.9 Å². The first-order chi connectivity index (χ1) is 3.43. The molecule has 2 N–H and O–H groups in total. The maximum absolute atomic E-state index is 9.94. The van der Waals surface area contributed by atoms with Crippen LogP contribution in [0.15, 0.2) is 11.6 Å². The Morgan fingerprint density at radius 3 is 2.30 bits per heavy atom. The number of hydrogen-bond acceptors (Lipinski definition) is 1. The molecule has 1 rings (SSSR count). The molecule has 0 fully saturated rings. The van der Waals surface area contributed by atoms with Crippen molar-refractivity contribution in [3.8, 4) is 0 Å². The van der Waals surface area contributed by atoms with E-state index in [1.54, 1.807) is 0 Å². The minimum absolute atomic E-state index is 0. The van der Waals surface area contributed by atoms with Crippen LogP contribution in [0.3, 0.4) is 0 Å². The fraction of sp³-hybridized carbons (Fsp3) is 0.429. The Bertz CT molecular complexity index is 110. The average Bonchev–Trinajstić information content (AvgIpc) is 2.14. The van der Waals surface area contributed by atoms with Crippen molar-refractivity contribution in [3.63, 3.8) is 0 Å². The summed E-state index contributed by atoms with van der Waals surface area (Å²) in [6.07, 6.45) is 6.24. The van der Waals surface area contributed by atoms with Gasteiger partial charge in [0.2, 0.25) is 0 Å². The molecular formula is C7H13O2Y-. The molecule has 1 radical (unpaired) electrons. The first-order valence-corrected chi connectivity index (χ1v) is 2.57. The molecule has 0 saturated carbocycles. The van der Waals surface area contributed by atoms with Gasteiger partial charge in [0.05, 0.1) is 0 Å². The van der Waals surface area contributed by atoms with Gasteiger partial charge in [0.1, 0.15) is 6.29 Å². The van der Waals surface area contributed by atoms with Gasteiger partial charge in [-0.1, -0.05) is 6.08 Å². The van der Waals surface area contributed by atoms with Crippen molar-refractivity contribution in [1.82, 2.24) is 0 Å². The van der Waals surface area contributed by atoms with E-state index in [1.807, 2.05) is 6.08 Å². The molecule has 1 aliphatic carbocycles. The van der Waals surface area contributed by atoms with Gasteiger partial charge in [-0.25, -0.2) is 0 Å². The molecule has 10 heavy (non-hydrogen) atoms. The van der Waals surface area contributed by atoms with Crippen LogP contribution in [0.2, 0.25) is 0 Å². The molecule has 0 unspecified atom stereocenters. The standard InChI is InChI=1S/C6H8O.CH3.H2O.Y/c7-5-6-3-1-2-4-6;;;/h3,5H,1-2,4H2;1H3;1H2;/q;-1;;. The molecule has 0 bridgehead atoms. The normalized spacial score (nSPS) is 13.4. The van der Waals surface area contributed by atoms with Gasteiger partial charge in [0.25, 0.3) is 0 Å². The maximum Gasteiger partial charge on any atom is 0.145 e. The number of aldehydes is 1. The summed E-state index contributed by atoms with van der Waals surface area (Å²) in [7, 11) is 0. The van der Waals surface area contributed by atoms with Crippen LogP contribution in [0.25, 0.3) is 0 Å². The molecule has 57 valence electrons. The summed E-state index contributed by atoms with van der Waals surface area (Å²) >= 11 is 0. The van der Waals surface area contributed by atoms with Crippen LogP contribution in [-0.4, -0.2) is 11.8 Å². The van der Waals surface area contributed by atoms with Crippen molar-refractivity contribution < 1.29 is 43.0 Å². The number of hydrogen-bond donors (Lipinski definition) is 0. The van der Waals surface area contributed by atoms with E-state index in [1.165, 1.54) is 6.42 Å². The van der Waals surface area contributed by atoms with Crippen molar-refractivity contribution in [1.29, 1.82) is 0 Å². The predicted molar refractivity (Wildman–Crippen MR) is 38.0 cm³/mol.